The number of nitrogens with two attached hydrogens (primary N) is 1. The molecule has 0 bridgehead atoms. The summed E-state index contributed by atoms with van der Waals surface area (Å²) >= 11 is 3.42. The number of rotatable bonds is 3. The molecule has 0 radical (unpaired) electrons. The minimum atomic E-state index is 0.518. The number of hydrogen-bond acceptors (Lipinski definition) is 5. The van der Waals surface area contributed by atoms with Gasteiger partial charge in [0.15, 0.2) is 5.82 Å². The van der Waals surface area contributed by atoms with Crippen LogP contribution in [0.2, 0.25) is 0 Å². The summed E-state index contributed by atoms with van der Waals surface area (Å²) < 4.78 is 0.909. The number of hydrazine groups is 1. The van der Waals surface area contributed by atoms with Crippen LogP contribution in [0.1, 0.15) is 37.3 Å². The summed E-state index contributed by atoms with van der Waals surface area (Å²) in [6.45, 7) is 0. The van der Waals surface area contributed by atoms with E-state index in [4.69, 9.17) is 10.8 Å². The van der Waals surface area contributed by atoms with Crippen LogP contribution in [0.15, 0.2) is 29.0 Å². The van der Waals surface area contributed by atoms with Gasteiger partial charge in [-0.05, 0) is 34.8 Å². The Morgan fingerprint density at radius 1 is 1.15 bits per heavy atom. The van der Waals surface area contributed by atoms with E-state index in [1.54, 1.807) is 12.4 Å². The zero-order valence-electron chi connectivity index (χ0n) is 11.0. The Labute approximate surface area is 126 Å². The molecular formula is C14H16BrN5. The summed E-state index contributed by atoms with van der Waals surface area (Å²) in [5, 5.41) is 0. The fourth-order valence-corrected chi connectivity index (χ4v) is 3.00. The summed E-state index contributed by atoms with van der Waals surface area (Å²) in [4.78, 5) is 13.3. The molecule has 1 aliphatic carbocycles. The van der Waals surface area contributed by atoms with E-state index in [2.05, 4.69) is 31.3 Å². The lowest BCUT2D eigenvalue weighted by Crippen LogP contribution is -2.11. The third-order valence-electron chi connectivity index (χ3n) is 3.63. The average Bonchev–Trinajstić information content (AvgIpc) is 3.01. The zero-order chi connectivity index (χ0) is 13.9. The highest BCUT2D eigenvalue weighted by Crippen LogP contribution is 2.34. The van der Waals surface area contributed by atoms with Crippen LogP contribution in [0, 0.1) is 0 Å². The van der Waals surface area contributed by atoms with Gasteiger partial charge in [0.1, 0.15) is 5.82 Å². The molecule has 3 rings (SSSR count). The van der Waals surface area contributed by atoms with Crippen molar-refractivity contribution in [2.75, 3.05) is 5.43 Å². The third-order valence-corrected chi connectivity index (χ3v) is 4.06. The second-order valence-electron chi connectivity index (χ2n) is 5.02. The van der Waals surface area contributed by atoms with Gasteiger partial charge in [0.2, 0.25) is 0 Å². The van der Waals surface area contributed by atoms with Gasteiger partial charge < -0.3 is 5.43 Å². The molecule has 3 N–H and O–H groups in total. The summed E-state index contributed by atoms with van der Waals surface area (Å²) in [6.07, 6.45) is 8.43. The number of halogens is 1. The van der Waals surface area contributed by atoms with E-state index in [0.29, 0.717) is 17.6 Å². The van der Waals surface area contributed by atoms with E-state index < -0.39 is 0 Å². The molecule has 2 heterocycles. The maximum Gasteiger partial charge on any atom is 0.163 e. The predicted molar refractivity (Wildman–Crippen MR) is 82.0 cm³/mol. The van der Waals surface area contributed by atoms with Gasteiger partial charge in [-0.3, -0.25) is 4.98 Å². The van der Waals surface area contributed by atoms with Gasteiger partial charge in [-0.2, -0.15) is 0 Å². The van der Waals surface area contributed by atoms with Crippen molar-refractivity contribution in [2.45, 2.75) is 31.6 Å². The van der Waals surface area contributed by atoms with Crippen LogP contribution in [0.25, 0.3) is 11.4 Å². The first-order valence-corrected chi connectivity index (χ1v) is 7.52. The SMILES string of the molecule is NNc1cc(C2CCCC2)nc(-c2cncc(Br)c2)n1. The molecule has 6 heteroatoms. The molecule has 0 saturated heterocycles. The molecule has 5 nitrogen and oxygen atoms in total. The van der Waals surface area contributed by atoms with Gasteiger partial charge >= 0.3 is 0 Å². The quantitative estimate of drug-likeness (QED) is 0.666. The van der Waals surface area contributed by atoms with E-state index in [0.717, 1.165) is 15.7 Å². The summed E-state index contributed by atoms with van der Waals surface area (Å²) in [6, 6.07) is 3.91. The normalized spacial score (nSPS) is 15.5. The van der Waals surface area contributed by atoms with Gasteiger partial charge in [0.05, 0.1) is 0 Å². The van der Waals surface area contributed by atoms with E-state index in [-0.39, 0.29) is 0 Å². The van der Waals surface area contributed by atoms with Crippen molar-refractivity contribution in [3.8, 4) is 11.4 Å². The van der Waals surface area contributed by atoms with E-state index in [9.17, 15) is 0 Å². The Balaban J connectivity index is 2.03. The largest absolute Gasteiger partial charge is 0.308 e. The maximum absolute atomic E-state index is 5.53. The van der Waals surface area contributed by atoms with E-state index in [1.165, 1.54) is 25.7 Å². The van der Waals surface area contributed by atoms with Crippen molar-refractivity contribution in [1.82, 2.24) is 15.0 Å². The molecular weight excluding hydrogens is 318 g/mol. The number of pyridine rings is 1. The van der Waals surface area contributed by atoms with Gasteiger partial charge in [-0.1, -0.05) is 12.8 Å². The second-order valence-corrected chi connectivity index (χ2v) is 5.93. The Kier molecular flexibility index (Phi) is 3.93. The molecule has 0 amide bonds. The van der Waals surface area contributed by atoms with E-state index in [1.807, 2.05) is 12.1 Å². The van der Waals surface area contributed by atoms with Crippen LogP contribution >= 0.6 is 15.9 Å². The van der Waals surface area contributed by atoms with Crippen LogP contribution in [-0.4, -0.2) is 15.0 Å². The van der Waals surface area contributed by atoms with Gasteiger partial charge in [-0.15, -0.1) is 0 Å². The number of nitrogens with zero attached hydrogens (tertiary/aromatic N) is 3. The minimum absolute atomic E-state index is 0.518. The Bertz CT molecular complexity index is 610. The summed E-state index contributed by atoms with van der Waals surface area (Å²) in [5.74, 6) is 7.36. The molecule has 0 spiro atoms. The van der Waals surface area contributed by atoms with E-state index >= 15 is 0 Å². The average molecular weight is 334 g/mol. The Morgan fingerprint density at radius 3 is 2.65 bits per heavy atom. The van der Waals surface area contributed by atoms with Crippen molar-refractivity contribution >= 4 is 21.7 Å². The minimum Gasteiger partial charge on any atom is -0.308 e. The third kappa shape index (κ3) is 2.81. The van der Waals surface area contributed by atoms with Crippen LogP contribution in [0.4, 0.5) is 5.82 Å². The molecule has 2 aromatic rings. The standard InChI is InChI=1S/C14H16BrN5/c15-11-5-10(7-17-8-11)14-18-12(6-13(19-14)20-16)9-3-1-2-4-9/h5-9H,1-4,16H2,(H,18,19,20). The summed E-state index contributed by atoms with van der Waals surface area (Å²) in [5.41, 5.74) is 4.59. The molecule has 1 saturated carbocycles. The monoisotopic (exact) mass is 333 g/mol. The van der Waals surface area contributed by atoms with Crippen molar-refractivity contribution < 1.29 is 0 Å². The molecule has 104 valence electrons. The fourth-order valence-electron chi connectivity index (χ4n) is 2.63. The predicted octanol–water partition coefficient (Wildman–Crippen LogP) is 3.24. The first kappa shape index (κ1) is 13.5. The van der Waals surface area contributed by atoms with Crippen molar-refractivity contribution in [2.24, 2.45) is 5.84 Å². The lowest BCUT2D eigenvalue weighted by atomic mass is 10.0. The first-order chi connectivity index (χ1) is 9.76. The Morgan fingerprint density at radius 2 is 1.95 bits per heavy atom. The van der Waals surface area contributed by atoms with Gasteiger partial charge in [-0.25, -0.2) is 15.8 Å². The molecule has 1 fully saturated rings. The lowest BCUT2D eigenvalue weighted by molar-refractivity contribution is 0.695. The van der Waals surface area contributed by atoms with Gasteiger partial charge in [0.25, 0.3) is 0 Å². The van der Waals surface area contributed by atoms with Crippen LogP contribution < -0.4 is 11.3 Å². The van der Waals surface area contributed by atoms with Gasteiger partial charge in [0, 0.05) is 40.1 Å². The highest BCUT2D eigenvalue weighted by molar-refractivity contribution is 9.10. The van der Waals surface area contributed by atoms with Crippen LogP contribution in [-0.2, 0) is 0 Å². The fraction of sp³-hybridized carbons (Fsp3) is 0.357. The van der Waals surface area contributed by atoms with Crippen LogP contribution in [0.3, 0.4) is 0 Å². The molecule has 0 aromatic carbocycles. The summed E-state index contributed by atoms with van der Waals surface area (Å²) in [7, 11) is 0. The molecule has 20 heavy (non-hydrogen) atoms. The highest BCUT2D eigenvalue weighted by Gasteiger charge is 2.20. The number of anilines is 1. The first-order valence-electron chi connectivity index (χ1n) is 6.73. The topological polar surface area (TPSA) is 76.7 Å². The number of nitrogens with one attached hydrogen (secondary N) is 1. The molecule has 0 aliphatic heterocycles. The second kappa shape index (κ2) is 5.85. The Hall–Kier alpha value is -1.53. The van der Waals surface area contributed by atoms with Crippen molar-refractivity contribution in [3.05, 3.63) is 34.7 Å². The number of aromatic nitrogens is 3. The van der Waals surface area contributed by atoms with Crippen molar-refractivity contribution in [1.29, 1.82) is 0 Å². The molecule has 0 atom stereocenters. The number of nitrogen functional groups attached to an aromatic ring is 1. The molecule has 2 aromatic heterocycles. The zero-order valence-corrected chi connectivity index (χ0v) is 12.6. The van der Waals surface area contributed by atoms with Crippen LogP contribution in [0.5, 0.6) is 0 Å². The highest BCUT2D eigenvalue weighted by atomic mass is 79.9. The molecule has 1 aliphatic rings. The molecule has 0 unspecified atom stereocenters. The smallest absolute Gasteiger partial charge is 0.163 e. The van der Waals surface area contributed by atoms with Crippen molar-refractivity contribution in [3.63, 3.8) is 0 Å². The maximum atomic E-state index is 5.53. The number of hydrogen-bond donors (Lipinski definition) is 2. The lowest BCUT2D eigenvalue weighted by Gasteiger charge is -2.12.